The molecule has 0 aliphatic carbocycles. The first-order valence-corrected chi connectivity index (χ1v) is 3.87. The van der Waals surface area contributed by atoms with Crippen molar-refractivity contribution in [2.24, 2.45) is 5.14 Å². The molecule has 0 radical (unpaired) electrons. The molecule has 0 aromatic carbocycles. The molecule has 0 aromatic rings. The minimum absolute atomic E-state index is 0.517. The number of hydrogen-bond donors (Lipinski definition) is 1. The summed E-state index contributed by atoms with van der Waals surface area (Å²) in [6.07, 6.45) is 0.741. The zero-order chi connectivity index (χ0) is 5.70. The van der Waals surface area contributed by atoms with Crippen LogP contribution < -0.4 is 5.14 Å². The zero-order valence-corrected chi connectivity index (χ0v) is 5.47. The van der Waals surface area contributed by atoms with Gasteiger partial charge in [0.25, 0.3) is 0 Å². The van der Waals surface area contributed by atoms with E-state index in [0.717, 1.165) is 6.42 Å². The maximum Gasteiger partial charge on any atom is 0.126 e. The van der Waals surface area contributed by atoms with Crippen LogP contribution in [0.1, 0.15) is 6.42 Å². The Morgan fingerprint density at radius 2 is 2.29 bits per heavy atom. The second kappa shape index (κ2) is 4.71. The molecule has 44 valence electrons. The first kappa shape index (κ1) is 7.56. The minimum atomic E-state index is -1.15. The molecule has 0 saturated carbocycles. The summed E-state index contributed by atoms with van der Waals surface area (Å²) in [5, 5.41) is 4.89. The van der Waals surface area contributed by atoms with E-state index < -0.39 is 11.4 Å². The third kappa shape index (κ3) is 6.56. The molecule has 0 aliphatic rings. The lowest BCUT2D eigenvalue weighted by Gasteiger charge is -1.98. The zero-order valence-electron chi connectivity index (χ0n) is 3.89. The van der Waals surface area contributed by atoms with Crippen LogP contribution >= 0.6 is 11.6 Å². The quantitative estimate of drug-likeness (QED) is 0.452. The molecule has 0 heterocycles. The number of rotatable bonds is 3. The molecule has 0 aliphatic heterocycles. The summed E-state index contributed by atoms with van der Waals surface area (Å²) >= 11 is 4.11. The van der Waals surface area contributed by atoms with Gasteiger partial charge in [-0.25, -0.2) is 0 Å². The second-order valence-electron chi connectivity index (χ2n) is 1.13. The summed E-state index contributed by atoms with van der Waals surface area (Å²) in [5.41, 5.74) is 0. The molecule has 1 unspecified atom stereocenters. The summed E-state index contributed by atoms with van der Waals surface area (Å²) in [5.74, 6) is 1.06. The Kier molecular flexibility index (Phi) is 5.09. The van der Waals surface area contributed by atoms with Crippen LogP contribution in [-0.2, 0) is 11.4 Å². The lowest BCUT2D eigenvalue weighted by Crippen LogP contribution is -2.16. The molecule has 0 rings (SSSR count). The number of halogens is 1. The highest BCUT2D eigenvalue weighted by Crippen LogP contribution is 1.86. The second-order valence-corrected chi connectivity index (χ2v) is 2.68. The van der Waals surface area contributed by atoms with Crippen molar-refractivity contribution in [2.45, 2.75) is 6.42 Å². The summed E-state index contributed by atoms with van der Waals surface area (Å²) in [6.45, 7) is 0. The fraction of sp³-hybridized carbons (Fsp3) is 1.00. The Hall–Kier alpha value is 0.560. The number of nitrogens with two attached hydrogens (primary N) is 1. The summed E-state index contributed by atoms with van der Waals surface area (Å²) in [6, 6.07) is 0. The average molecular weight is 142 g/mol. The van der Waals surface area contributed by atoms with Gasteiger partial charge in [-0.15, -0.1) is 11.6 Å². The van der Waals surface area contributed by atoms with Crippen LogP contribution in [0, 0.1) is 0 Å². The van der Waals surface area contributed by atoms with Crippen LogP contribution in [0.5, 0.6) is 0 Å². The third-order valence-electron chi connectivity index (χ3n) is 0.479. The highest BCUT2D eigenvalue weighted by Gasteiger charge is 1.93. The molecule has 0 spiro atoms. The van der Waals surface area contributed by atoms with Gasteiger partial charge >= 0.3 is 0 Å². The maximum atomic E-state index is 10.0. The minimum Gasteiger partial charge on any atom is -0.598 e. The van der Waals surface area contributed by atoms with Gasteiger partial charge in [0, 0.05) is 23.7 Å². The maximum absolute atomic E-state index is 10.0. The summed E-state index contributed by atoms with van der Waals surface area (Å²) < 4.78 is 10.0. The SMILES string of the molecule is N[S+]([O-])CCCCl. The van der Waals surface area contributed by atoms with Gasteiger partial charge in [0.05, 0.1) is 0 Å². The standard InChI is InChI=1S/C3H8ClNOS/c4-2-1-3-7(5)6/h1-3,5H2. The van der Waals surface area contributed by atoms with Gasteiger partial charge in [0.2, 0.25) is 0 Å². The Balaban J connectivity index is 2.68. The molecule has 0 fully saturated rings. The topological polar surface area (TPSA) is 49.1 Å². The molecule has 7 heavy (non-hydrogen) atoms. The molecular weight excluding hydrogens is 134 g/mol. The first-order valence-electron chi connectivity index (χ1n) is 1.96. The van der Waals surface area contributed by atoms with E-state index in [1.165, 1.54) is 0 Å². The molecule has 0 saturated heterocycles. The first-order chi connectivity index (χ1) is 3.27. The molecule has 1 atom stereocenters. The fourth-order valence-corrected chi connectivity index (χ4v) is 0.918. The van der Waals surface area contributed by atoms with E-state index in [2.05, 4.69) is 0 Å². The largest absolute Gasteiger partial charge is 0.598 e. The Morgan fingerprint density at radius 3 is 2.43 bits per heavy atom. The Morgan fingerprint density at radius 1 is 1.71 bits per heavy atom. The van der Waals surface area contributed by atoms with E-state index in [4.69, 9.17) is 16.7 Å². The van der Waals surface area contributed by atoms with Gasteiger partial charge in [-0.2, -0.15) is 5.14 Å². The summed E-state index contributed by atoms with van der Waals surface area (Å²) in [7, 11) is 0. The fourth-order valence-electron chi connectivity index (χ4n) is 0.197. The molecular formula is C3H8ClNOS. The van der Waals surface area contributed by atoms with Crippen molar-refractivity contribution in [3.63, 3.8) is 0 Å². The van der Waals surface area contributed by atoms with Crippen molar-refractivity contribution in [2.75, 3.05) is 11.6 Å². The Labute approximate surface area is 51.3 Å². The van der Waals surface area contributed by atoms with Gasteiger partial charge in [0.1, 0.15) is 5.75 Å². The van der Waals surface area contributed by atoms with Crippen LogP contribution in [-0.4, -0.2) is 16.2 Å². The Bertz CT molecular complexity index is 43.9. The highest BCUT2D eigenvalue weighted by molar-refractivity contribution is 7.89. The van der Waals surface area contributed by atoms with Crippen molar-refractivity contribution in [1.29, 1.82) is 0 Å². The van der Waals surface area contributed by atoms with Gasteiger partial charge in [0.15, 0.2) is 0 Å². The normalized spacial score (nSPS) is 14.1. The lowest BCUT2D eigenvalue weighted by atomic mass is 10.6. The van der Waals surface area contributed by atoms with Gasteiger partial charge < -0.3 is 4.55 Å². The van der Waals surface area contributed by atoms with Crippen molar-refractivity contribution in [3.05, 3.63) is 0 Å². The third-order valence-corrected chi connectivity index (χ3v) is 1.44. The lowest BCUT2D eigenvalue weighted by molar-refractivity contribution is 0.595. The van der Waals surface area contributed by atoms with Crippen molar-refractivity contribution in [3.8, 4) is 0 Å². The van der Waals surface area contributed by atoms with E-state index in [-0.39, 0.29) is 0 Å². The number of alkyl halides is 1. The average Bonchev–Trinajstić information content (AvgIpc) is 1.61. The number of hydrogen-bond acceptors (Lipinski definition) is 2. The molecule has 4 heteroatoms. The van der Waals surface area contributed by atoms with E-state index in [1.54, 1.807) is 0 Å². The molecule has 0 bridgehead atoms. The van der Waals surface area contributed by atoms with Crippen LogP contribution in [0.2, 0.25) is 0 Å². The van der Waals surface area contributed by atoms with Gasteiger partial charge in [-0.3, -0.25) is 0 Å². The predicted octanol–water partition coefficient (Wildman–Crippen LogP) is 0.238. The van der Waals surface area contributed by atoms with Gasteiger partial charge in [-0.05, 0) is 0 Å². The van der Waals surface area contributed by atoms with Crippen molar-refractivity contribution in [1.82, 2.24) is 0 Å². The van der Waals surface area contributed by atoms with Crippen LogP contribution in [0.4, 0.5) is 0 Å². The summed E-state index contributed by atoms with van der Waals surface area (Å²) in [4.78, 5) is 0. The molecule has 2 nitrogen and oxygen atoms in total. The molecule has 2 N–H and O–H groups in total. The van der Waals surface area contributed by atoms with Crippen LogP contribution in [0.25, 0.3) is 0 Å². The van der Waals surface area contributed by atoms with E-state index >= 15 is 0 Å². The van der Waals surface area contributed by atoms with Crippen LogP contribution in [0.3, 0.4) is 0 Å². The molecule has 0 aromatic heterocycles. The monoisotopic (exact) mass is 141 g/mol. The predicted molar refractivity (Wildman–Crippen MR) is 32.5 cm³/mol. The highest BCUT2D eigenvalue weighted by atomic mass is 35.5. The molecule has 0 amide bonds. The van der Waals surface area contributed by atoms with Crippen LogP contribution in [0.15, 0.2) is 0 Å². The smallest absolute Gasteiger partial charge is 0.126 e. The van der Waals surface area contributed by atoms with Crippen molar-refractivity contribution >= 4 is 23.0 Å². The van der Waals surface area contributed by atoms with Crippen molar-refractivity contribution < 1.29 is 4.55 Å². The van der Waals surface area contributed by atoms with E-state index in [9.17, 15) is 4.55 Å². The van der Waals surface area contributed by atoms with E-state index in [1.807, 2.05) is 0 Å². The van der Waals surface area contributed by atoms with Gasteiger partial charge in [-0.1, -0.05) is 0 Å². The van der Waals surface area contributed by atoms with E-state index in [0.29, 0.717) is 11.6 Å².